The zero-order valence-corrected chi connectivity index (χ0v) is 16.8. The molecule has 6 nitrogen and oxygen atoms in total. The third-order valence-electron chi connectivity index (χ3n) is 4.55. The molecular formula is C24H21N3O3. The SMILES string of the molecule is Cc1ccc(NC(=O)COc2ccccc2-c2noc(-c3ccc(C)cc3)n2)cc1. The standard InChI is InChI=1S/C24H21N3O3/c1-16-7-11-18(12-8-16)24-26-23(27-30-24)20-5-3-4-6-21(20)29-15-22(28)25-19-13-9-17(2)10-14-19/h3-14H,15H2,1-2H3,(H,25,28). The summed E-state index contributed by atoms with van der Waals surface area (Å²) in [5.74, 6) is 1.09. The van der Waals surface area contributed by atoms with Crippen LogP contribution < -0.4 is 10.1 Å². The molecule has 1 heterocycles. The van der Waals surface area contributed by atoms with Crippen LogP contribution in [-0.2, 0) is 4.79 Å². The first-order valence-corrected chi connectivity index (χ1v) is 9.58. The highest BCUT2D eigenvalue weighted by molar-refractivity contribution is 5.92. The van der Waals surface area contributed by atoms with E-state index in [0.717, 1.165) is 22.4 Å². The Morgan fingerprint density at radius 1 is 0.933 bits per heavy atom. The molecule has 4 rings (SSSR count). The van der Waals surface area contributed by atoms with Crippen LogP contribution in [0.2, 0.25) is 0 Å². The molecule has 4 aromatic rings. The van der Waals surface area contributed by atoms with Crippen molar-refractivity contribution < 1.29 is 14.1 Å². The van der Waals surface area contributed by atoms with Crippen LogP contribution in [-0.4, -0.2) is 22.7 Å². The average Bonchev–Trinajstić information content (AvgIpc) is 3.25. The summed E-state index contributed by atoms with van der Waals surface area (Å²) >= 11 is 0. The molecule has 1 aromatic heterocycles. The van der Waals surface area contributed by atoms with Gasteiger partial charge in [0.2, 0.25) is 5.82 Å². The molecule has 150 valence electrons. The van der Waals surface area contributed by atoms with Gasteiger partial charge in [-0.1, -0.05) is 52.7 Å². The number of carbonyl (C=O) groups excluding carboxylic acids is 1. The van der Waals surface area contributed by atoms with Crippen LogP contribution in [0.4, 0.5) is 5.69 Å². The number of anilines is 1. The van der Waals surface area contributed by atoms with Gasteiger partial charge in [-0.2, -0.15) is 4.98 Å². The lowest BCUT2D eigenvalue weighted by Gasteiger charge is -2.10. The fourth-order valence-electron chi connectivity index (χ4n) is 2.90. The summed E-state index contributed by atoms with van der Waals surface area (Å²) in [5, 5.41) is 6.90. The van der Waals surface area contributed by atoms with Crippen molar-refractivity contribution in [2.45, 2.75) is 13.8 Å². The molecule has 0 aliphatic carbocycles. The Balaban J connectivity index is 1.47. The fraction of sp³-hybridized carbons (Fsp3) is 0.125. The fourth-order valence-corrected chi connectivity index (χ4v) is 2.90. The van der Waals surface area contributed by atoms with E-state index in [0.29, 0.717) is 23.0 Å². The maximum atomic E-state index is 12.2. The molecule has 1 amide bonds. The Morgan fingerprint density at radius 2 is 1.60 bits per heavy atom. The lowest BCUT2D eigenvalue weighted by Crippen LogP contribution is -2.20. The van der Waals surface area contributed by atoms with Crippen LogP contribution in [0, 0.1) is 13.8 Å². The summed E-state index contributed by atoms with van der Waals surface area (Å²) in [6.45, 7) is 3.88. The van der Waals surface area contributed by atoms with Crippen molar-refractivity contribution in [2.24, 2.45) is 0 Å². The van der Waals surface area contributed by atoms with Crippen molar-refractivity contribution in [1.29, 1.82) is 0 Å². The van der Waals surface area contributed by atoms with Crippen molar-refractivity contribution in [3.8, 4) is 28.6 Å². The zero-order valence-electron chi connectivity index (χ0n) is 16.8. The topological polar surface area (TPSA) is 77.2 Å². The Morgan fingerprint density at radius 3 is 2.33 bits per heavy atom. The second-order valence-electron chi connectivity index (χ2n) is 6.99. The number of para-hydroxylation sites is 1. The Hall–Kier alpha value is -3.93. The van der Waals surface area contributed by atoms with Gasteiger partial charge in [0.05, 0.1) is 5.56 Å². The normalized spacial score (nSPS) is 10.6. The lowest BCUT2D eigenvalue weighted by molar-refractivity contribution is -0.118. The number of benzene rings is 3. The highest BCUT2D eigenvalue weighted by Gasteiger charge is 2.15. The lowest BCUT2D eigenvalue weighted by atomic mass is 10.1. The van der Waals surface area contributed by atoms with E-state index in [9.17, 15) is 4.79 Å². The van der Waals surface area contributed by atoms with E-state index in [-0.39, 0.29) is 12.5 Å². The number of aromatic nitrogens is 2. The van der Waals surface area contributed by atoms with Crippen molar-refractivity contribution in [2.75, 3.05) is 11.9 Å². The minimum absolute atomic E-state index is 0.131. The van der Waals surface area contributed by atoms with Gasteiger partial charge >= 0.3 is 0 Å². The van der Waals surface area contributed by atoms with Crippen LogP contribution in [0.3, 0.4) is 0 Å². The Labute approximate surface area is 174 Å². The molecule has 6 heteroatoms. The minimum Gasteiger partial charge on any atom is -0.483 e. The number of nitrogens with zero attached hydrogens (tertiary/aromatic N) is 2. The maximum absolute atomic E-state index is 12.2. The number of hydrogen-bond donors (Lipinski definition) is 1. The molecule has 0 unspecified atom stereocenters. The molecule has 0 saturated heterocycles. The summed E-state index contributed by atoms with van der Waals surface area (Å²) in [6, 6.07) is 22.7. The number of rotatable bonds is 6. The first-order valence-electron chi connectivity index (χ1n) is 9.58. The largest absolute Gasteiger partial charge is 0.483 e. The second-order valence-corrected chi connectivity index (χ2v) is 6.99. The van der Waals surface area contributed by atoms with E-state index in [2.05, 4.69) is 15.5 Å². The monoisotopic (exact) mass is 399 g/mol. The van der Waals surface area contributed by atoms with Gasteiger partial charge in [0.25, 0.3) is 11.8 Å². The molecule has 1 N–H and O–H groups in total. The minimum atomic E-state index is -0.248. The third-order valence-corrected chi connectivity index (χ3v) is 4.55. The first-order chi connectivity index (χ1) is 14.6. The molecule has 0 saturated carbocycles. The highest BCUT2D eigenvalue weighted by atomic mass is 16.5. The van der Waals surface area contributed by atoms with Gasteiger partial charge in [0.1, 0.15) is 5.75 Å². The van der Waals surface area contributed by atoms with E-state index < -0.39 is 0 Å². The highest BCUT2D eigenvalue weighted by Crippen LogP contribution is 2.29. The molecule has 3 aromatic carbocycles. The predicted octanol–water partition coefficient (Wildman–Crippen LogP) is 5.04. The Kier molecular flexibility index (Phi) is 5.57. The van der Waals surface area contributed by atoms with Crippen molar-refractivity contribution in [1.82, 2.24) is 10.1 Å². The molecule has 0 aliphatic heterocycles. The van der Waals surface area contributed by atoms with E-state index in [1.807, 2.05) is 80.6 Å². The summed E-state index contributed by atoms with van der Waals surface area (Å²) in [6.07, 6.45) is 0. The van der Waals surface area contributed by atoms with Gasteiger partial charge in [-0.3, -0.25) is 4.79 Å². The number of aryl methyl sites for hydroxylation is 2. The predicted molar refractivity (Wildman–Crippen MR) is 115 cm³/mol. The van der Waals surface area contributed by atoms with E-state index in [1.54, 1.807) is 6.07 Å². The molecular weight excluding hydrogens is 378 g/mol. The first kappa shape index (κ1) is 19.4. The summed E-state index contributed by atoms with van der Waals surface area (Å²) in [5.41, 5.74) is 4.51. The van der Waals surface area contributed by atoms with Gasteiger partial charge in [-0.05, 0) is 50.2 Å². The van der Waals surface area contributed by atoms with Crippen LogP contribution in [0.15, 0.2) is 77.3 Å². The molecule has 0 aliphatic rings. The summed E-state index contributed by atoms with van der Waals surface area (Å²) < 4.78 is 11.2. The van der Waals surface area contributed by atoms with Gasteiger partial charge in [0, 0.05) is 11.3 Å². The smallest absolute Gasteiger partial charge is 0.262 e. The van der Waals surface area contributed by atoms with E-state index in [1.165, 1.54) is 0 Å². The van der Waals surface area contributed by atoms with Crippen molar-refractivity contribution in [3.05, 3.63) is 83.9 Å². The number of carbonyl (C=O) groups is 1. The summed E-state index contributed by atoms with van der Waals surface area (Å²) in [7, 11) is 0. The molecule has 0 atom stereocenters. The molecule has 0 fully saturated rings. The van der Waals surface area contributed by atoms with Crippen LogP contribution in [0.25, 0.3) is 22.8 Å². The van der Waals surface area contributed by atoms with E-state index >= 15 is 0 Å². The maximum Gasteiger partial charge on any atom is 0.262 e. The number of ether oxygens (including phenoxy) is 1. The quantitative estimate of drug-likeness (QED) is 0.492. The van der Waals surface area contributed by atoms with Gasteiger partial charge in [0.15, 0.2) is 6.61 Å². The van der Waals surface area contributed by atoms with Crippen molar-refractivity contribution >= 4 is 11.6 Å². The molecule has 0 spiro atoms. The van der Waals surface area contributed by atoms with Gasteiger partial charge in [-0.25, -0.2) is 0 Å². The molecule has 0 radical (unpaired) electrons. The molecule has 30 heavy (non-hydrogen) atoms. The van der Waals surface area contributed by atoms with Gasteiger partial charge < -0.3 is 14.6 Å². The average molecular weight is 399 g/mol. The number of nitrogens with one attached hydrogen (secondary N) is 1. The van der Waals surface area contributed by atoms with E-state index in [4.69, 9.17) is 9.26 Å². The molecule has 0 bridgehead atoms. The Bertz CT molecular complexity index is 1150. The van der Waals surface area contributed by atoms with Gasteiger partial charge in [-0.15, -0.1) is 0 Å². The van der Waals surface area contributed by atoms with Crippen molar-refractivity contribution in [3.63, 3.8) is 0 Å². The van der Waals surface area contributed by atoms with Crippen LogP contribution in [0.5, 0.6) is 5.75 Å². The van der Waals surface area contributed by atoms with Crippen LogP contribution >= 0.6 is 0 Å². The number of amides is 1. The summed E-state index contributed by atoms with van der Waals surface area (Å²) in [4.78, 5) is 16.7. The third kappa shape index (κ3) is 4.55. The number of hydrogen-bond acceptors (Lipinski definition) is 5. The van der Waals surface area contributed by atoms with Crippen LogP contribution in [0.1, 0.15) is 11.1 Å². The second kappa shape index (κ2) is 8.61. The zero-order chi connectivity index (χ0) is 20.9.